The van der Waals surface area contributed by atoms with Crippen LogP contribution in [-0.2, 0) is 0 Å². The van der Waals surface area contributed by atoms with Gasteiger partial charge in [-0.05, 0) is 68.3 Å². The second-order valence-corrected chi connectivity index (χ2v) is 6.24. The van der Waals surface area contributed by atoms with E-state index in [-0.39, 0.29) is 0 Å². The maximum atomic E-state index is 6.32. The van der Waals surface area contributed by atoms with Gasteiger partial charge in [0.2, 0.25) is 0 Å². The number of halogens is 1. The first-order valence-corrected chi connectivity index (χ1v) is 8.21. The van der Waals surface area contributed by atoms with Crippen LogP contribution in [0.25, 0.3) is 0 Å². The summed E-state index contributed by atoms with van der Waals surface area (Å²) in [5.74, 6) is 2.18. The van der Waals surface area contributed by atoms with Crippen LogP contribution in [0.15, 0.2) is 18.2 Å². The molecule has 1 aromatic rings. The van der Waals surface area contributed by atoms with E-state index in [4.69, 9.17) is 16.3 Å². The zero-order valence-electron chi connectivity index (χ0n) is 12.6. The highest BCUT2D eigenvalue weighted by Gasteiger charge is 2.13. The van der Waals surface area contributed by atoms with Crippen LogP contribution in [0.3, 0.4) is 0 Å². The highest BCUT2D eigenvalue weighted by molar-refractivity contribution is 6.32. The van der Waals surface area contributed by atoms with E-state index < -0.39 is 0 Å². The second kappa shape index (κ2) is 7.90. The molecule has 0 amide bonds. The van der Waals surface area contributed by atoms with Gasteiger partial charge in [-0.15, -0.1) is 0 Å². The van der Waals surface area contributed by atoms with Crippen molar-refractivity contribution in [2.75, 3.05) is 19.7 Å². The normalized spacial score (nSPS) is 17.9. The van der Waals surface area contributed by atoms with E-state index >= 15 is 0 Å². The Morgan fingerprint density at radius 1 is 1.35 bits per heavy atom. The maximum absolute atomic E-state index is 6.32. The summed E-state index contributed by atoms with van der Waals surface area (Å²) in [4.78, 5) is 0. The van der Waals surface area contributed by atoms with Gasteiger partial charge >= 0.3 is 0 Å². The first-order valence-electron chi connectivity index (χ1n) is 7.83. The minimum absolute atomic E-state index is 0.552. The Bertz CT molecular complexity index is 415. The lowest BCUT2D eigenvalue weighted by atomic mass is 9.95. The summed E-state index contributed by atoms with van der Waals surface area (Å²) in [5, 5.41) is 4.14. The molecular weight excluding hydrogens is 270 g/mol. The summed E-state index contributed by atoms with van der Waals surface area (Å²) in [6, 6.07) is 6.21. The molecule has 1 saturated heterocycles. The van der Waals surface area contributed by atoms with E-state index in [0.29, 0.717) is 5.92 Å². The number of nitrogens with one attached hydrogen (secondary N) is 1. The third-order valence-corrected chi connectivity index (χ3v) is 4.68. The predicted molar refractivity (Wildman–Crippen MR) is 85.9 cm³/mol. The largest absolute Gasteiger partial charge is 0.492 e. The van der Waals surface area contributed by atoms with Crippen molar-refractivity contribution in [2.24, 2.45) is 5.92 Å². The van der Waals surface area contributed by atoms with Crippen molar-refractivity contribution in [1.82, 2.24) is 5.32 Å². The Hall–Kier alpha value is -0.730. The molecular formula is C17H26ClNO. The summed E-state index contributed by atoms with van der Waals surface area (Å²) in [7, 11) is 0. The third kappa shape index (κ3) is 4.39. The molecule has 0 radical (unpaired) electrons. The lowest BCUT2D eigenvalue weighted by Gasteiger charge is -2.22. The minimum Gasteiger partial charge on any atom is -0.492 e. The fourth-order valence-corrected chi connectivity index (χ4v) is 2.93. The molecule has 1 atom stereocenters. The maximum Gasteiger partial charge on any atom is 0.137 e. The molecule has 1 N–H and O–H groups in total. The van der Waals surface area contributed by atoms with Crippen molar-refractivity contribution in [3.8, 4) is 5.75 Å². The number of ether oxygens (including phenoxy) is 1. The van der Waals surface area contributed by atoms with Crippen LogP contribution in [0, 0.1) is 5.92 Å². The van der Waals surface area contributed by atoms with Crippen molar-refractivity contribution >= 4 is 11.6 Å². The lowest BCUT2D eigenvalue weighted by Crippen LogP contribution is -2.28. The van der Waals surface area contributed by atoms with E-state index in [9.17, 15) is 0 Å². The second-order valence-electron chi connectivity index (χ2n) is 5.83. The van der Waals surface area contributed by atoms with Crippen LogP contribution in [0.5, 0.6) is 5.75 Å². The van der Waals surface area contributed by atoms with Crippen molar-refractivity contribution in [3.63, 3.8) is 0 Å². The minimum atomic E-state index is 0.552. The van der Waals surface area contributed by atoms with Crippen LogP contribution in [-0.4, -0.2) is 19.7 Å². The molecule has 2 rings (SSSR count). The van der Waals surface area contributed by atoms with Gasteiger partial charge in [0, 0.05) is 0 Å². The molecule has 0 spiro atoms. The molecule has 112 valence electrons. The van der Waals surface area contributed by atoms with Gasteiger partial charge in [-0.25, -0.2) is 0 Å². The Balaban J connectivity index is 1.83. The van der Waals surface area contributed by atoms with Gasteiger partial charge in [0.15, 0.2) is 0 Å². The van der Waals surface area contributed by atoms with Crippen LogP contribution in [0.4, 0.5) is 0 Å². The Morgan fingerprint density at radius 2 is 2.10 bits per heavy atom. The van der Waals surface area contributed by atoms with Gasteiger partial charge in [0.25, 0.3) is 0 Å². The molecule has 2 nitrogen and oxygen atoms in total. The monoisotopic (exact) mass is 295 g/mol. The highest BCUT2D eigenvalue weighted by atomic mass is 35.5. The zero-order valence-corrected chi connectivity index (χ0v) is 13.4. The van der Waals surface area contributed by atoms with Gasteiger partial charge in [-0.1, -0.05) is 31.5 Å². The van der Waals surface area contributed by atoms with Gasteiger partial charge in [0.05, 0.1) is 11.6 Å². The summed E-state index contributed by atoms with van der Waals surface area (Å²) in [6.45, 7) is 7.49. The van der Waals surface area contributed by atoms with Gasteiger partial charge < -0.3 is 10.1 Å². The molecule has 0 saturated carbocycles. The van der Waals surface area contributed by atoms with Gasteiger partial charge in [-0.2, -0.15) is 0 Å². The zero-order chi connectivity index (χ0) is 14.4. The van der Waals surface area contributed by atoms with Crippen molar-refractivity contribution in [3.05, 3.63) is 28.8 Å². The standard InChI is InChI=1S/C17H26ClNO/c1-3-13(2)15-4-5-17(16(18)12-15)20-11-8-14-6-9-19-10-7-14/h4-5,12-14,19H,3,6-11H2,1-2H3/t13-/m1/s1. The molecule has 0 bridgehead atoms. The molecule has 1 aliphatic rings. The molecule has 3 heteroatoms. The number of benzene rings is 1. The van der Waals surface area contributed by atoms with Crippen molar-refractivity contribution < 1.29 is 4.74 Å². The number of rotatable bonds is 6. The summed E-state index contributed by atoms with van der Waals surface area (Å²) < 4.78 is 5.86. The predicted octanol–water partition coefficient (Wildman–Crippen LogP) is 4.62. The molecule has 1 fully saturated rings. The summed E-state index contributed by atoms with van der Waals surface area (Å²) >= 11 is 6.32. The smallest absolute Gasteiger partial charge is 0.137 e. The molecule has 1 aromatic carbocycles. The molecule has 20 heavy (non-hydrogen) atoms. The number of hydrogen-bond donors (Lipinski definition) is 1. The Morgan fingerprint density at radius 3 is 2.75 bits per heavy atom. The Kier molecular flexibility index (Phi) is 6.18. The Labute approximate surface area is 127 Å². The van der Waals surface area contributed by atoms with Crippen LogP contribution in [0.2, 0.25) is 5.02 Å². The molecule has 0 unspecified atom stereocenters. The van der Waals surface area contributed by atoms with Crippen LogP contribution < -0.4 is 10.1 Å². The van der Waals surface area contributed by atoms with E-state index in [1.54, 1.807) is 0 Å². The van der Waals surface area contributed by atoms with E-state index in [0.717, 1.165) is 49.2 Å². The lowest BCUT2D eigenvalue weighted by molar-refractivity contribution is 0.252. The summed E-state index contributed by atoms with van der Waals surface area (Å²) in [6.07, 6.45) is 4.80. The van der Waals surface area contributed by atoms with Gasteiger partial charge in [-0.3, -0.25) is 0 Å². The fourth-order valence-electron chi connectivity index (χ4n) is 2.68. The number of hydrogen-bond acceptors (Lipinski definition) is 2. The van der Waals surface area contributed by atoms with Gasteiger partial charge in [0.1, 0.15) is 5.75 Å². The van der Waals surface area contributed by atoms with Crippen molar-refractivity contribution in [1.29, 1.82) is 0 Å². The number of piperidine rings is 1. The van der Waals surface area contributed by atoms with Crippen molar-refractivity contribution in [2.45, 2.75) is 45.4 Å². The highest BCUT2D eigenvalue weighted by Crippen LogP contribution is 2.30. The SMILES string of the molecule is CC[C@@H](C)c1ccc(OCCC2CCNCC2)c(Cl)c1. The fraction of sp³-hybridized carbons (Fsp3) is 0.647. The van der Waals surface area contributed by atoms with Crippen LogP contribution in [0.1, 0.15) is 51.0 Å². The van der Waals surface area contributed by atoms with E-state index in [1.165, 1.54) is 18.4 Å². The molecule has 0 aromatic heterocycles. The molecule has 1 heterocycles. The van der Waals surface area contributed by atoms with E-state index in [2.05, 4.69) is 31.3 Å². The average molecular weight is 296 g/mol. The summed E-state index contributed by atoms with van der Waals surface area (Å²) in [5.41, 5.74) is 1.29. The molecule has 0 aliphatic carbocycles. The first kappa shape index (κ1) is 15.7. The third-order valence-electron chi connectivity index (χ3n) is 4.38. The topological polar surface area (TPSA) is 21.3 Å². The van der Waals surface area contributed by atoms with E-state index in [1.807, 2.05) is 6.07 Å². The average Bonchev–Trinajstić information content (AvgIpc) is 2.49. The van der Waals surface area contributed by atoms with Crippen LogP contribution >= 0.6 is 11.6 Å². The quantitative estimate of drug-likeness (QED) is 0.826. The first-order chi connectivity index (χ1) is 9.70. The molecule has 1 aliphatic heterocycles.